The van der Waals surface area contributed by atoms with E-state index in [0.29, 0.717) is 13.0 Å². The third-order valence-corrected chi connectivity index (χ3v) is 4.92. The molecule has 1 aliphatic rings. The van der Waals surface area contributed by atoms with E-state index in [2.05, 4.69) is 33.9 Å². The molecule has 30 heavy (non-hydrogen) atoms. The van der Waals surface area contributed by atoms with E-state index in [-0.39, 0.29) is 18.1 Å². The van der Waals surface area contributed by atoms with E-state index in [1.165, 1.54) is 0 Å². The summed E-state index contributed by atoms with van der Waals surface area (Å²) in [6.07, 6.45) is 1.21. The van der Waals surface area contributed by atoms with Crippen LogP contribution in [0.15, 0.2) is 0 Å². The molecule has 0 radical (unpaired) electrons. The first-order valence-electron chi connectivity index (χ1n) is 9.81. The van der Waals surface area contributed by atoms with Gasteiger partial charge in [-0.3, -0.25) is 19.2 Å². The second-order valence-corrected chi connectivity index (χ2v) is 8.02. The highest BCUT2D eigenvalue weighted by Crippen LogP contribution is 2.08. The van der Waals surface area contributed by atoms with E-state index in [9.17, 15) is 24.0 Å². The zero-order chi connectivity index (χ0) is 22.8. The van der Waals surface area contributed by atoms with Gasteiger partial charge in [-0.1, -0.05) is 13.8 Å². The molecule has 1 fully saturated rings. The smallest absolute Gasteiger partial charge is 0.327 e. The first-order chi connectivity index (χ1) is 14.0. The van der Waals surface area contributed by atoms with Crippen LogP contribution < -0.4 is 27.0 Å². The number of hydrogen-bond donors (Lipinski definition) is 7. The second kappa shape index (κ2) is 12.4. The van der Waals surface area contributed by atoms with Gasteiger partial charge in [0.25, 0.3) is 0 Å². The minimum Gasteiger partial charge on any atom is -0.480 e. The van der Waals surface area contributed by atoms with Gasteiger partial charge < -0.3 is 32.1 Å². The zero-order valence-electron chi connectivity index (χ0n) is 17.1. The first-order valence-corrected chi connectivity index (χ1v) is 10.4. The van der Waals surface area contributed by atoms with Crippen molar-refractivity contribution in [3.63, 3.8) is 0 Å². The average Bonchev–Trinajstić information content (AvgIpc) is 3.18. The molecule has 1 saturated heterocycles. The van der Waals surface area contributed by atoms with Crippen LogP contribution >= 0.6 is 12.6 Å². The van der Waals surface area contributed by atoms with Crippen molar-refractivity contribution >= 4 is 42.2 Å². The van der Waals surface area contributed by atoms with E-state index in [4.69, 9.17) is 10.8 Å². The van der Waals surface area contributed by atoms with Crippen molar-refractivity contribution in [1.82, 2.24) is 21.3 Å². The Morgan fingerprint density at radius 2 is 1.67 bits per heavy atom. The Morgan fingerprint density at radius 3 is 2.13 bits per heavy atom. The fourth-order valence-electron chi connectivity index (χ4n) is 3.02. The lowest BCUT2D eigenvalue weighted by Gasteiger charge is -2.25. The number of thiol groups is 1. The molecule has 4 amide bonds. The maximum Gasteiger partial charge on any atom is 0.327 e. The summed E-state index contributed by atoms with van der Waals surface area (Å²) < 4.78 is 0. The average molecular weight is 446 g/mol. The number of hydrogen-bond acceptors (Lipinski definition) is 7. The van der Waals surface area contributed by atoms with E-state index < -0.39 is 60.2 Å². The molecule has 1 rings (SSSR count). The molecule has 12 heteroatoms. The summed E-state index contributed by atoms with van der Waals surface area (Å²) in [6.45, 7) is 4.33. The Morgan fingerprint density at radius 1 is 1.07 bits per heavy atom. The Bertz CT molecular complexity index is 653. The van der Waals surface area contributed by atoms with E-state index in [1.807, 2.05) is 13.8 Å². The predicted molar refractivity (Wildman–Crippen MR) is 112 cm³/mol. The van der Waals surface area contributed by atoms with Gasteiger partial charge >= 0.3 is 5.97 Å². The molecule has 7 N–H and O–H groups in total. The van der Waals surface area contributed by atoms with Crippen LogP contribution in [0, 0.1) is 5.92 Å². The summed E-state index contributed by atoms with van der Waals surface area (Å²) in [6, 6.07) is -3.99. The number of carbonyl (C=O) groups is 5. The Balaban J connectivity index is 2.89. The summed E-state index contributed by atoms with van der Waals surface area (Å²) >= 11 is 3.90. The van der Waals surface area contributed by atoms with Crippen molar-refractivity contribution in [2.75, 3.05) is 12.3 Å². The molecule has 4 atom stereocenters. The number of carbonyl (C=O) groups excluding carboxylic acids is 4. The van der Waals surface area contributed by atoms with Gasteiger partial charge in [0, 0.05) is 5.75 Å². The minimum absolute atomic E-state index is 0.00722. The van der Waals surface area contributed by atoms with Gasteiger partial charge in [-0.2, -0.15) is 12.6 Å². The molecule has 170 valence electrons. The maximum atomic E-state index is 12.7. The van der Waals surface area contributed by atoms with Crippen molar-refractivity contribution in [2.24, 2.45) is 11.7 Å². The second-order valence-electron chi connectivity index (χ2n) is 7.65. The van der Waals surface area contributed by atoms with Gasteiger partial charge in [0.05, 0.1) is 12.5 Å². The number of carboxylic acids is 1. The van der Waals surface area contributed by atoms with Crippen LogP contribution in [0.4, 0.5) is 0 Å². The fraction of sp³-hybridized carbons (Fsp3) is 0.722. The summed E-state index contributed by atoms with van der Waals surface area (Å²) in [5.41, 5.74) is 5.21. The van der Waals surface area contributed by atoms with Crippen LogP contribution in [0.25, 0.3) is 0 Å². The fourth-order valence-corrected chi connectivity index (χ4v) is 3.27. The predicted octanol–water partition coefficient (Wildman–Crippen LogP) is -1.87. The van der Waals surface area contributed by atoms with Crippen LogP contribution in [0.1, 0.15) is 39.5 Å². The van der Waals surface area contributed by atoms with E-state index in [0.717, 1.165) is 6.42 Å². The molecule has 0 aromatic heterocycles. The van der Waals surface area contributed by atoms with Crippen molar-refractivity contribution in [3.8, 4) is 0 Å². The molecule has 11 nitrogen and oxygen atoms in total. The quantitative estimate of drug-likeness (QED) is 0.172. The van der Waals surface area contributed by atoms with Crippen molar-refractivity contribution in [3.05, 3.63) is 0 Å². The van der Waals surface area contributed by atoms with Crippen molar-refractivity contribution < 1.29 is 29.1 Å². The van der Waals surface area contributed by atoms with Crippen LogP contribution in [-0.2, 0) is 24.0 Å². The zero-order valence-corrected chi connectivity index (χ0v) is 18.0. The Labute approximate surface area is 180 Å². The summed E-state index contributed by atoms with van der Waals surface area (Å²) in [7, 11) is 0. The third-order valence-electron chi connectivity index (χ3n) is 4.55. The Hall–Kier alpha value is -2.34. The molecular formula is C18H31N5O6S. The molecule has 0 bridgehead atoms. The third kappa shape index (κ3) is 8.57. The molecular weight excluding hydrogens is 414 g/mol. The molecule has 1 heterocycles. The monoisotopic (exact) mass is 445 g/mol. The summed E-state index contributed by atoms with van der Waals surface area (Å²) in [5.74, 6) is -4.06. The number of nitrogens with two attached hydrogens (primary N) is 1. The Kier molecular flexibility index (Phi) is 10.6. The highest BCUT2D eigenvalue weighted by Gasteiger charge is 2.32. The van der Waals surface area contributed by atoms with Gasteiger partial charge in [-0.05, 0) is 31.7 Å². The lowest BCUT2D eigenvalue weighted by Crippen LogP contribution is -2.58. The minimum atomic E-state index is -1.25. The highest BCUT2D eigenvalue weighted by atomic mass is 32.1. The molecule has 1 aliphatic heterocycles. The standard InChI is InChI=1S/C18H31N5O6S/c1-9(2)6-11(16(26)23-13(8-30)18(28)29)21-17(27)12(7-14(19)24)22-15(25)10-4-3-5-20-10/h9-13,20,30H,3-8H2,1-2H3,(H2,19,24)(H,21,27)(H,22,25)(H,23,26)(H,28,29). The molecule has 4 unspecified atom stereocenters. The van der Waals surface area contributed by atoms with Gasteiger partial charge in [-0.25, -0.2) is 4.79 Å². The van der Waals surface area contributed by atoms with E-state index in [1.54, 1.807) is 0 Å². The lowest BCUT2D eigenvalue weighted by atomic mass is 10.0. The van der Waals surface area contributed by atoms with Gasteiger partial charge in [0.1, 0.15) is 18.1 Å². The van der Waals surface area contributed by atoms with Gasteiger partial charge in [-0.15, -0.1) is 0 Å². The van der Waals surface area contributed by atoms with Crippen LogP contribution in [-0.4, -0.2) is 71.2 Å². The first kappa shape index (κ1) is 25.7. The maximum absolute atomic E-state index is 12.7. The van der Waals surface area contributed by atoms with Crippen LogP contribution in [0.2, 0.25) is 0 Å². The SMILES string of the molecule is CC(C)CC(NC(=O)C(CC(N)=O)NC(=O)C1CCCN1)C(=O)NC(CS)C(=O)O. The van der Waals surface area contributed by atoms with Crippen molar-refractivity contribution in [1.29, 1.82) is 0 Å². The topological polar surface area (TPSA) is 180 Å². The highest BCUT2D eigenvalue weighted by molar-refractivity contribution is 7.80. The lowest BCUT2D eigenvalue weighted by molar-refractivity contribution is -0.141. The normalized spacial score (nSPS) is 18.9. The van der Waals surface area contributed by atoms with Crippen LogP contribution in [0.5, 0.6) is 0 Å². The van der Waals surface area contributed by atoms with Gasteiger partial charge in [0.15, 0.2) is 0 Å². The van der Waals surface area contributed by atoms with Crippen molar-refractivity contribution in [2.45, 2.75) is 63.7 Å². The number of primary amides is 1. The molecule has 0 aromatic carbocycles. The summed E-state index contributed by atoms with van der Waals surface area (Å²) in [5, 5.41) is 19.4. The number of aliphatic carboxylic acids is 1. The summed E-state index contributed by atoms with van der Waals surface area (Å²) in [4.78, 5) is 60.2. The molecule has 0 aromatic rings. The molecule has 0 spiro atoms. The number of nitrogens with one attached hydrogen (secondary N) is 4. The number of amides is 4. The molecule has 0 aliphatic carbocycles. The number of carboxylic acid groups (broad SMARTS) is 1. The van der Waals surface area contributed by atoms with Gasteiger partial charge in [0.2, 0.25) is 23.6 Å². The largest absolute Gasteiger partial charge is 0.480 e. The molecule has 0 saturated carbocycles. The van der Waals surface area contributed by atoms with Crippen LogP contribution in [0.3, 0.4) is 0 Å². The van der Waals surface area contributed by atoms with E-state index >= 15 is 0 Å². The number of rotatable bonds is 12.